The van der Waals surface area contributed by atoms with Crippen LogP contribution < -0.4 is 5.32 Å². The van der Waals surface area contributed by atoms with Gasteiger partial charge in [-0.15, -0.1) is 0 Å². The lowest BCUT2D eigenvalue weighted by Crippen LogP contribution is -2.47. The summed E-state index contributed by atoms with van der Waals surface area (Å²) in [4.78, 5) is 14.3. The van der Waals surface area contributed by atoms with E-state index in [1.54, 1.807) is 0 Å². The molecule has 1 spiro atoms. The highest BCUT2D eigenvalue weighted by Gasteiger charge is 2.52. The van der Waals surface area contributed by atoms with E-state index in [9.17, 15) is 4.79 Å². The van der Waals surface area contributed by atoms with Crippen LogP contribution in [0.2, 0.25) is 0 Å². The lowest BCUT2D eigenvalue weighted by atomic mass is 9.76. The summed E-state index contributed by atoms with van der Waals surface area (Å²) in [6, 6.07) is 6.18. The predicted molar refractivity (Wildman–Crippen MR) is 77.3 cm³/mol. The van der Waals surface area contributed by atoms with Gasteiger partial charge >= 0.3 is 0 Å². The largest absolute Gasteiger partial charge is 0.334 e. The molecule has 5 heteroatoms. The van der Waals surface area contributed by atoms with Crippen molar-refractivity contribution in [1.82, 2.24) is 10.2 Å². The molecule has 0 saturated carbocycles. The number of likely N-dealkylation sites (N-methyl/N-ethyl adjacent to an activating group) is 1. The van der Waals surface area contributed by atoms with Crippen molar-refractivity contribution in [2.75, 3.05) is 7.05 Å². The van der Waals surface area contributed by atoms with Gasteiger partial charge in [0, 0.05) is 11.5 Å². The average molecular weight is 325 g/mol. The van der Waals surface area contributed by atoms with Crippen LogP contribution in [0, 0.1) is 0 Å². The van der Waals surface area contributed by atoms with Crippen molar-refractivity contribution < 1.29 is 4.79 Å². The number of rotatable bonds is 0. The highest BCUT2D eigenvalue weighted by atomic mass is 79.9. The molecule has 1 aromatic carbocycles. The van der Waals surface area contributed by atoms with Crippen LogP contribution in [0.3, 0.4) is 0 Å². The Balaban J connectivity index is 2.24. The maximum absolute atomic E-state index is 12.4. The van der Waals surface area contributed by atoms with Crippen molar-refractivity contribution in [3.8, 4) is 0 Å². The van der Waals surface area contributed by atoms with Gasteiger partial charge in [0.25, 0.3) is 5.91 Å². The first kappa shape index (κ1) is 12.1. The molecule has 94 valence electrons. The lowest BCUT2D eigenvalue weighted by Gasteiger charge is -2.38. The summed E-state index contributed by atoms with van der Waals surface area (Å²) in [7, 11) is 1.90. The molecular formula is C13H13BrN2OS. The zero-order valence-electron chi connectivity index (χ0n) is 10.00. The Hall–Kier alpha value is -0.940. The molecule has 0 bridgehead atoms. The first-order chi connectivity index (χ1) is 8.55. The van der Waals surface area contributed by atoms with Gasteiger partial charge in [0.05, 0.1) is 0 Å². The number of carbonyl (C=O) groups is 1. The van der Waals surface area contributed by atoms with Crippen molar-refractivity contribution in [3.63, 3.8) is 0 Å². The Morgan fingerprint density at radius 1 is 1.50 bits per heavy atom. The molecular weight excluding hydrogens is 312 g/mol. The third kappa shape index (κ3) is 1.47. The first-order valence-electron chi connectivity index (χ1n) is 5.94. The zero-order chi connectivity index (χ0) is 12.9. The predicted octanol–water partition coefficient (Wildman–Crippen LogP) is 2.33. The summed E-state index contributed by atoms with van der Waals surface area (Å²) in [6.45, 7) is 0. The van der Waals surface area contributed by atoms with Gasteiger partial charge in [-0.25, -0.2) is 0 Å². The number of hydrogen-bond acceptors (Lipinski definition) is 2. The summed E-state index contributed by atoms with van der Waals surface area (Å²) in [5.74, 6) is 0.00838. The summed E-state index contributed by atoms with van der Waals surface area (Å²) in [5, 5.41) is 3.31. The van der Waals surface area contributed by atoms with Crippen molar-refractivity contribution in [1.29, 1.82) is 0 Å². The highest BCUT2D eigenvalue weighted by Crippen LogP contribution is 2.43. The van der Waals surface area contributed by atoms with Gasteiger partial charge in [0.15, 0.2) is 5.11 Å². The monoisotopic (exact) mass is 324 g/mol. The quantitative estimate of drug-likeness (QED) is 0.743. The number of hydrogen-bond donors (Lipinski definition) is 1. The molecule has 1 amide bonds. The van der Waals surface area contributed by atoms with Crippen molar-refractivity contribution in [2.45, 2.75) is 24.8 Å². The minimum atomic E-state index is -0.603. The van der Waals surface area contributed by atoms with Gasteiger partial charge < -0.3 is 10.2 Å². The molecule has 1 saturated heterocycles. The molecule has 18 heavy (non-hydrogen) atoms. The Kier molecular flexibility index (Phi) is 2.71. The second-order valence-corrected chi connectivity index (χ2v) is 6.14. The molecule has 1 N–H and O–H groups in total. The average Bonchev–Trinajstić information content (AvgIpc) is 2.55. The van der Waals surface area contributed by atoms with Gasteiger partial charge in [0.1, 0.15) is 5.54 Å². The van der Waals surface area contributed by atoms with E-state index >= 15 is 0 Å². The van der Waals surface area contributed by atoms with Crippen LogP contribution in [0.5, 0.6) is 0 Å². The second-order valence-electron chi connectivity index (χ2n) is 4.83. The fourth-order valence-electron chi connectivity index (χ4n) is 3.02. The lowest BCUT2D eigenvalue weighted by molar-refractivity contribution is -0.127. The number of amides is 1. The Bertz CT molecular complexity index is 560. The Morgan fingerprint density at radius 3 is 2.94 bits per heavy atom. The zero-order valence-corrected chi connectivity index (χ0v) is 12.4. The first-order valence-corrected chi connectivity index (χ1v) is 7.14. The molecule has 0 aromatic heterocycles. The van der Waals surface area contributed by atoms with E-state index in [1.165, 1.54) is 5.56 Å². The van der Waals surface area contributed by atoms with Gasteiger partial charge in [0.2, 0.25) is 0 Å². The van der Waals surface area contributed by atoms with Gasteiger partial charge in [-0.2, -0.15) is 0 Å². The van der Waals surface area contributed by atoms with E-state index in [0.29, 0.717) is 5.11 Å². The van der Waals surface area contributed by atoms with Crippen molar-refractivity contribution in [3.05, 3.63) is 33.8 Å². The number of aryl methyl sites for hydroxylation is 1. The van der Waals surface area contributed by atoms with Crippen molar-refractivity contribution in [2.24, 2.45) is 0 Å². The van der Waals surface area contributed by atoms with E-state index in [0.717, 1.165) is 29.3 Å². The molecule has 1 fully saturated rings. The molecule has 1 unspecified atom stereocenters. The van der Waals surface area contributed by atoms with Gasteiger partial charge in [-0.1, -0.05) is 22.0 Å². The standard InChI is InChI=1S/C13H13BrN2OS/c1-16-12(18)15-11(17)13(16)6-2-3-8-4-5-9(14)7-10(8)13/h4-5,7H,2-3,6H2,1H3,(H,15,17,18). The summed E-state index contributed by atoms with van der Waals surface area (Å²) >= 11 is 8.71. The number of carbonyl (C=O) groups excluding carboxylic acids is 1. The van der Waals surface area contributed by atoms with Crippen LogP contribution >= 0.6 is 28.1 Å². The maximum atomic E-state index is 12.4. The van der Waals surface area contributed by atoms with Crippen LogP contribution in [0.4, 0.5) is 0 Å². The van der Waals surface area contributed by atoms with Crippen LogP contribution in [0.15, 0.2) is 22.7 Å². The molecule has 1 aliphatic heterocycles. The third-order valence-electron chi connectivity index (χ3n) is 3.98. The Morgan fingerprint density at radius 2 is 2.28 bits per heavy atom. The third-order valence-corrected chi connectivity index (χ3v) is 4.84. The minimum absolute atomic E-state index is 0.00838. The molecule has 1 heterocycles. The molecule has 1 aliphatic carbocycles. The topological polar surface area (TPSA) is 32.3 Å². The van der Waals surface area contributed by atoms with E-state index in [1.807, 2.05) is 18.0 Å². The Labute approximate surface area is 120 Å². The number of nitrogens with one attached hydrogen (secondary N) is 1. The van der Waals surface area contributed by atoms with Crippen LogP contribution in [-0.4, -0.2) is 23.0 Å². The number of halogens is 1. The van der Waals surface area contributed by atoms with E-state index in [-0.39, 0.29) is 5.91 Å². The molecule has 1 atom stereocenters. The second kappa shape index (κ2) is 4.03. The van der Waals surface area contributed by atoms with E-state index in [2.05, 4.69) is 33.4 Å². The smallest absolute Gasteiger partial charge is 0.256 e. The summed E-state index contributed by atoms with van der Waals surface area (Å²) in [5.41, 5.74) is 1.73. The molecule has 3 rings (SSSR count). The summed E-state index contributed by atoms with van der Waals surface area (Å²) < 4.78 is 1.00. The summed E-state index contributed by atoms with van der Waals surface area (Å²) in [6.07, 6.45) is 2.85. The normalized spacial score (nSPS) is 26.4. The maximum Gasteiger partial charge on any atom is 0.256 e. The molecule has 3 nitrogen and oxygen atoms in total. The van der Waals surface area contributed by atoms with E-state index < -0.39 is 5.54 Å². The van der Waals surface area contributed by atoms with Crippen LogP contribution in [-0.2, 0) is 16.8 Å². The SMILES string of the molecule is CN1C(=S)NC(=O)C12CCCc1ccc(Br)cc12. The molecule has 0 radical (unpaired) electrons. The van der Waals surface area contributed by atoms with Gasteiger partial charge in [-0.3, -0.25) is 4.79 Å². The van der Waals surface area contributed by atoms with E-state index in [4.69, 9.17) is 12.2 Å². The fraction of sp³-hybridized carbons (Fsp3) is 0.385. The number of thiocarbonyl (C=S) groups is 1. The van der Waals surface area contributed by atoms with Gasteiger partial charge in [-0.05, 0) is 54.7 Å². The molecule has 2 aliphatic rings. The fourth-order valence-corrected chi connectivity index (χ4v) is 3.62. The minimum Gasteiger partial charge on any atom is -0.334 e. The number of benzene rings is 1. The van der Waals surface area contributed by atoms with Crippen LogP contribution in [0.1, 0.15) is 24.0 Å². The molecule has 1 aromatic rings. The number of nitrogens with zero attached hydrogens (tertiary/aromatic N) is 1. The van der Waals surface area contributed by atoms with Crippen LogP contribution in [0.25, 0.3) is 0 Å². The highest BCUT2D eigenvalue weighted by molar-refractivity contribution is 9.10. The van der Waals surface area contributed by atoms with Crippen molar-refractivity contribution >= 4 is 39.2 Å². The number of fused-ring (bicyclic) bond motifs is 2.